The molecule has 0 amide bonds. The molecule has 138 valence electrons. The van der Waals surface area contributed by atoms with Gasteiger partial charge in [-0.3, -0.25) is 9.59 Å². The molecule has 2 N–H and O–H groups in total. The van der Waals surface area contributed by atoms with E-state index in [1.54, 1.807) is 6.08 Å². The van der Waals surface area contributed by atoms with Crippen LogP contribution in [0.1, 0.15) is 36.3 Å². The first kappa shape index (κ1) is 18.3. The number of nitrogens with zero attached hydrogens (tertiary/aromatic N) is 1. The number of benzene rings is 1. The van der Waals surface area contributed by atoms with Gasteiger partial charge in [-0.15, -0.1) is 6.58 Å². The molecule has 0 fully saturated rings. The fourth-order valence-corrected chi connectivity index (χ4v) is 4.50. The quantitative estimate of drug-likeness (QED) is 0.416. The summed E-state index contributed by atoms with van der Waals surface area (Å²) in [5.74, 6) is 0.912. The molecular formula is C20H18BrN3O2S. The number of carbonyl (C=O) groups is 1. The molecule has 1 aliphatic heterocycles. The van der Waals surface area contributed by atoms with Gasteiger partial charge in [-0.1, -0.05) is 45.9 Å². The van der Waals surface area contributed by atoms with E-state index in [0.29, 0.717) is 34.3 Å². The number of anilines is 1. The van der Waals surface area contributed by atoms with Gasteiger partial charge in [0.15, 0.2) is 10.9 Å². The largest absolute Gasteiger partial charge is 0.343 e. The highest BCUT2D eigenvalue weighted by Crippen LogP contribution is 2.43. The summed E-state index contributed by atoms with van der Waals surface area (Å²) in [6.45, 7) is 3.70. The van der Waals surface area contributed by atoms with Crippen LogP contribution >= 0.6 is 27.7 Å². The Morgan fingerprint density at radius 3 is 2.78 bits per heavy atom. The number of aromatic amines is 1. The first-order valence-electron chi connectivity index (χ1n) is 8.75. The zero-order valence-corrected chi connectivity index (χ0v) is 17.0. The Balaban J connectivity index is 1.90. The number of nitrogens with one attached hydrogen (secondary N) is 2. The molecule has 1 aliphatic carbocycles. The maximum atomic E-state index is 13.0. The van der Waals surface area contributed by atoms with Crippen LogP contribution in [0.4, 0.5) is 5.82 Å². The average molecular weight is 444 g/mol. The minimum absolute atomic E-state index is 0.104. The number of H-pyrrole nitrogens is 1. The molecule has 27 heavy (non-hydrogen) atoms. The highest BCUT2D eigenvalue weighted by Gasteiger charge is 2.37. The fourth-order valence-electron chi connectivity index (χ4n) is 3.64. The third-order valence-electron chi connectivity index (χ3n) is 4.78. The Morgan fingerprint density at radius 1 is 1.26 bits per heavy atom. The number of rotatable bonds is 4. The van der Waals surface area contributed by atoms with E-state index >= 15 is 0 Å². The highest BCUT2D eigenvalue weighted by molar-refractivity contribution is 9.10. The SMILES string of the molecule is C=CCSc1nc2c(c(=O)[nH]1)C(c1ccc(Br)cc1)C1=C(CCCC1=O)N2. The van der Waals surface area contributed by atoms with E-state index in [0.717, 1.165) is 28.6 Å². The van der Waals surface area contributed by atoms with Gasteiger partial charge in [0.2, 0.25) is 0 Å². The van der Waals surface area contributed by atoms with Crippen LogP contribution in [-0.4, -0.2) is 21.5 Å². The third kappa shape index (κ3) is 3.41. The summed E-state index contributed by atoms with van der Waals surface area (Å²) in [6.07, 6.45) is 3.88. The van der Waals surface area contributed by atoms with Gasteiger partial charge in [0.25, 0.3) is 5.56 Å². The van der Waals surface area contributed by atoms with Crippen molar-refractivity contribution in [2.24, 2.45) is 0 Å². The fraction of sp³-hybridized carbons (Fsp3) is 0.250. The standard InChI is InChI=1S/C20H18BrN3O2S/c1-2-10-27-20-23-18-17(19(26)24-20)15(11-6-8-12(21)9-7-11)16-13(22-18)4-3-5-14(16)25/h2,6-9,15H,1,3-5,10H2,(H2,22,23,24,26). The monoisotopic (exact) mass is 443 g/mol. The topological polar surface area (TPSA) is 74.8 Å². The Labute approximate surface area is 169 Å². The van der Waals surface area contributed by atoms with Gasteiger partial charge in [-0.05, 0) is 30.5 Å². The lowest BCUT2D eigenvalue weighted by Gasteiger charge is -2.32. The second-order valence-corrected chi connectivity index (χ2v) is 8.44. The van der Waals surface area contributed by atoms with E-state index in [1.807, 2.05) is 24.3 Å². The van der Waals surface area contributed by atoms with Crippen LogP contribution in [-0.2, 0) is 4.79 Å². The maximum Gasteiger partial charge on any atom is 0.257 e. The number of hydrogen-bond acceptors (Lipinski definition) is 5. The van der Waals surface area contributed by atoms with Crippen molar-refractivity contribution in [2.75, 3.05) is 11.1 Å². The Morgan fingerprint density at radius 2 is 2.04 bits per heavy atom. The molecule has 0 radical (unpaired) electrons. The minimum atomic E-state index is -0.396. The number of carbonyl (C=O) groups excluding carboxylic acids is 1. The Bertz CT molecular complexity index is 1010. The number of allylic oxidation sites excluding steroid dienone is 2. The van der Waals surface area contributed by atoms with E-state index in [9.17, 15) is 9.59 Å². The predicted molar refractivity (Wildman–Crippen MR) is 111 cm³/mol. The van der Waals surface area contributed by atoms with Crippen molar-refractivity contribution in [3.05, 3.63) is 74.1 Å². The number of halogens is 1. The summed E-state index contributed by atoms with van der Waals surface area (Å²) in [4.78, 5) is 33.2. The molecule has 0 spiro atoms. The molecule has 1 atom stereocenters. The number of hydrogen-bond donors (Lipinski definition) is 2. The summed E-state index contributed by atoms with van der Waals surface area (Å²) < 4.78 is 0.952. The number of fused-ring (bicyclic) bond motifs is 1. The van der Waals surface area contributed by atoms with Crippen molar-refractivity contribution < 1.29 is 4.79 Å². The molecule has 5 nitrogen and oxygen atoms in total. The lowest BCUT2D eigenvalue weighted by atomic mass is 9.76. The third-order valence-corrected chi connectivity index (χ3v) is 6.18. The second-order valence-electron chi connectivity index (χ2n) is 6.51. The molecule has 1 aromatic carbocycles. The van der Waals surface area contributed by atoms with Crippen LogP contribution in [0.25, 0.3) is 0 Å². The molecule has 7 heteroatoms. The molecular weight excluding hydrogens is 426 g/mol. The van der Waals surface area contributed by atoms with E-state index in [4.69, 9.17) is 0 Å². The zero-order valence-electron chi connectivity index (χ0n) is 14.5. The molecule has 4 rings (SSSR count). The summed E-state index contributed by atoms with van der Waals surface area (Å²) in [5.41, 5.74) is 2.81. The van der Waals surface area contributed by atoms with Gasteiger partial charge < -0.3 is 10.3 Å². The van der Waals surface area contributed by atoms with Gasteiger partial charge in [-0.25, -0.2) is 4.98 Å². The van der Waals surface area contributed by atoms with E-state index in [2.05, 4.69) is 37.8 Å². The van der Waals surface area contributed by atoms with Crippen molar-refractivity contribution in [1.29, 1.82) is 0 Å². The molecule has 0 saturated heterocycles. The van der Waals surface area contributed by atoms with E-state index in [-0.39, 0.29) is 11.3 Å². The first-order chi connectivity index (χ1) is 13.1. The van der Waals surface area contributed by atoms with Gasteiger partial charge in [0, 0.05) is 33.8 Å². The number of Topliss-reactive ketones (excluding diaryl/α,β-unsaturated/α-hetero) is 1. The van der Waals surface area contributed by atoms with E-state index < -0.39 is 5.92 Å². The molecule has 2 aliphatic rings. The lowest BCUT2D eigenvalue weighted by molar-refractivity contribution is -0.116. The van der Waals surface area contributed by atoms with Crippen LogP contribution in [0.15, 0.2) is 62.6 Å². The first-order valence-corrected chi connectivity index (χ1v) is 10.5. The predicted octanol–water partition coefficient (Wildman–Crippen LogP) is 4.38. The number of ketones is 1. The highest BCUT2D eigenvalue weighted by atomic mass is 79.9. The normalized spacial score (nSPS) is 18.6. The number of thioether (sulfide) groups is 1. The second kappa shape index (κ2) is 7.48. The van der Waals surface area contributed by atoms with Gasteiger partial charge >= 0.3 is 0 Å². The van der Waals surface area contributed by atoms with E-state index in [1.165, 1.54) is 11.8 Å². The van der Waals surface area contributed by atoms with Crippen LogP contribution in [0.5, 0.6) is 0 Å². The summed E-state index contributed by atoms with van der Waals surface area (Å²) in [6, 6.07) is 7.77. The van der Waals surface area contributed by atoms with Gasteiger partial charge in [0.05, 0.1) is 5.56 Å². The summed E-state index contributed by atoms with van der Waals surface area (Å²) >= 11 is 4.87. The molecule has 0 bridgehead atoms. The number of aromatic nitrogens is 2. The lowest BCUT2D eigenvalue weighted by Crippen LogP contribution is -2.32. The molecule has 2 aromatic rings. The van der Waals surface area contributed by atoms with Crippen molar-refractivity contribution >= 4 is 39.3 Å². The van der Waals surface area contributed by atoms with Crippen molar-refractivity contribution in [2.45, 2.75) is 30.3 Å². The zero-order chi connectivity index (χ0) is 19.0. The van der Waals surface area contributed by atoms with Crippen LogP contribution in [0.3, 0.4) is 0 Å². The van der Waals surface area contributed by atoms with Gasteiger partial charge in [-0.2, -0.15) is 0 Å². The van der Waals surface area contributed by atoms with Crippen molar-refractivity contribution in [3.8, 4) is 0 Å². The minimum Gasteiger partial charge on any atom is -0.343 e. The van der Waals surface area contributed by atoms with Crippen molar-refractivity contribution in [1.82, 2.24) is 9.97 Å². The van der Waals surface area contributed by atoms with Crippen LogP contribution in [0, 0.1) is 0 Å². The Kier molecular flexibility index (Phi) is 5.06. The smallest absolute Gasteiger partial charge is 0.257 e. The molecule has 0 saturated carbocycles. The average Bonchev–Trinajstić information content (AvgIpc) is 2.65. The molecule has 2 heterocycles. The Hall–Kier alpha value is -2.12. The molecule has 1 unspecified atom stereocenters. The van der Waals surface area contributed by atoms with Gasteiger partial charge in [0.1, 0.15) is 5.82 Å². The summed E-state index contributed by atoms with van der Waals surface area (Å²) in [5, 5.41) is 3.83. The van der Waals surface area contributed by atoms with Crippen molar-refractivity contribution in [3.63, 3.8) is 0 Å². The summed E-state index contributed by atoms with van der Waals surface area (Å²) in [7, 11) is 0. The van der Waals surface area contributed by atoms with Crippen LogP contribution in [0.2, 0.25) is 0 Å². The molecule has 1 aromatic heterocycles. The maximum absolute atomic E-state index is 13.0. The van der Waals surface area contributed by atoms with Crippen LogP contribution < -0.4 is 10.9 Å².